The predicted octanol–water partition coefficient (Wildman–Crippen LogP) is 4.95. The Balaban J connectivity index is 1.48. The summed E-state index contributed by atoms with van der Waals surface area (Å²) >= 11 is 1.39. The lowest BCUT2D eigenvalue weighted by molar-refractivity contribution is 0.414. The van der Waals surface area contributed by atoms with Crippen LogP contribution in [0.25, 0.3) is 22.7 Å². The number of benzene rings is 3. The Morgan fingerprint density at radius 1 is 1.11 bits per heavy atom. The number of para-hydroxylation sites is 1. The fraction of sp³-hybridized carbons (Fsp3) is 0.133. The first-order chi connectivity index (χ1) is 18.1. The van der Waals surface area contributed by atoms with Crippen LogP contribution in [0.5, 0.6) is 5.75 Å². The van der Waals surface area contributed by atoms with Gasteiger partial charge < -0.3 is 9.72 Å². The second-order valence-electron chi connectivity index (χ2n) is 9.32. The summed E-state index contributed by atoms with van der Waals surface area (Å²) in [4.78, 5) is 22.9. The summed E-state index contributed by atoms with van der Waals surface area (Å²) in [6, 6.07) is 20.2. The summed E-state index contributed by atoms with van der Waals surface area (Å²) in [7, 11) is 1.67. The molecule has 0 spiro atoms. The molecule has 2 aliphatic rings. The molecule has 1 N–H and O–H groups in total. The van der Waals surface area contributed by atoms with Crippen LogP contribution in [0.3, 0.4) is 0 Å². The number of aromatic nitrogens is 2. The normalized spacial score (nSPS) is 16.8. The number of ether oxygens (including phenoxy) is 1. The van der Waals surface area contributed by atoms with Crippen molar-refractivity contribution in [1.82, 2.24) is 9.55 Å². The minimum atomic E-state index is -0.341. The summed E-state index contributed by atoms with van der Waals surface area (Å²) < 4.78 is 21.7. The van der Waals surface area contributed by atoms with E-state index in [2.05, 4.69) is 11.1 Å². The molecule has 0 saturated carbocycles. The number of fused-ring (bicyclic) bond motifs is 4. The number of methoxy groups -OCH3 is 1. The van der Waals surface area contributed by atoms with Gasteiger partial charge in [0.2, 0.25) is 0 Å². The van der Waals surface area contributed by atoms with Crippen LogP contribution < -0.4 is 19.6 Å². The lowest BCUT2D eigenvalue weighted by Crippen LogP contribution is -2.38. The van der Waals surface area contributed by atoms with E-state index in [1.807, 2.05) is 48.7 Å². The van der Waals surface area contributed by atoms with E-state index in [4.69, 9.17) is 9.73 Å². The zero-order valence-electron chi connectivity index (χ0n) is 20.0. The Bertz CT molecular complexity index is 1910. The van der Waals surface area contributed by atoms with Gasteiger partial charge in [0.05, 0.1) is 23.4 Å². The fourth-order valence-electron chi connectivity index (χ4n) is 5.49. The highest BCUT2D eigenvalue weighted by Gasteiger charge is 2.32. The number of hydrogen-bond acceptors (Lipinski definition) is 4. The third kappa shape index (κ3) is 3.49. The second kappa shape index (κ2) is 8.42. The van der Waals surface area contributed by atoms with Crippen LogP contribution in [-0.4, -0.2) is 16.7 Å². The van der Waals surface area contributed by atoms with Gasteiger partial charge in [-0.1, -0.05) is 41.7 Å². The van der Waals surface area contributed by atoms with Crippen molar-refractivity contribution in [1.29, 1.82) is 0 Å². The largest absolute Gasteiger partial charge is 0.497 e. The SMILES string of the molecule is COc1ccc2c(c1)CCC1=C2N=c2s/c(=C\c3c[nH]c4ccccc34)c(=O)n2C1c1ccc(F)cc1. The number of thiazole rings is 1. The summed E-state index contributed by atoms with van der Waals surface area (Å²) in [6.07, 6.45) is 5.44. The fourth-order valence-corrected chi connectivity index (χ4v) is 6.48. The van der Waals surface area contributed by atoms with E-state index in [0.29, 0.717) is 9.33 Å². The summed E-state index contributed by atoms with van der Waals surface area (Å²) in [5.74, 6) is 0.517. The molecule has 0 fully saturated rings. The molecular formula is C30H22FN3O2S. The summed E-state index contributed by atoms with van der Waals surface area (Å²) in [5, 5.41) is 1.06. The average Bonchev–Trinajstić information content (AvgIpc) is 3.48. The van der Waals surface area contributed by atoms with Gasteiger partial charge in [0.15, 0.2) is 4.80 Å². The molecule has 7 rings (SSSR count). The number of H-pyrrole nitrogens is 1. The molecule has 3 heterocycles. The highest BCUT2D eigenvalue weighted by molar-refractivity contribution is 7.07. The first-order valence-corrected chi connectivity index (χ1v) is 13.0. The van der Waals surface area contributed by atoms with E-state index in [9.17, 15) is 9.18 Å². The van der Waals surface area contributed by atoms with Crippen molar-refractivity contribution in [2.45, 2.75) is 18.9 Å². The first kappa shape index (κ1) is 22.0. The van der Waals surface area contributed by atoms with Crippen molar-refractivity contribution in [2.75, 3.05) is 7.11 Å². The van der Waals surface area contributed by atoms with Gasteiger partial charge in [-0.05, 0) is 72.0 Å². The Labute approximate surface area is 215 Å². The molecule has 0 saturated heterocycles. The molecule has 2 aromatic heterocycles. The van der Waals surface area contributed by atoms with Crippen LogP contribution in [0.1, 0.15) is 34.7 Å². The van der Waals surface area contributed by atoms with Crippen LogP contribution in [0, 0.1) is 5.82 Å². The number of aromatic amines is 1. The Morgan fingerprint density at radius 3 is 2.78 bits per heavy atom. The van der Waals surface area contributed by atoms with Crippen molar-refractivity contribution in [2.24, 2.45) is 4.99 Å². The van der Waals surface area contributed by atoms with Gasteiger partial charge in [-0.25, -0.2) is 9.38 Å². The maximum Gasteiger partial charge on any atom is 0.271 e. The number of allylic oxidation sites excluding steroid dienone is 1. The monoisotopic (exact) mass is 507 g/mol. The van der Waals surface area contributed by atoms with Gasteiger partial charge in [-0.15, -0.1) is 0 Å². The van der Waals surface area contributed by atoms with E-state index >= 15 is 0 Å². The lowest BCUT2D eigenvalue weighted by Gasteiger charge is -2.31. The van der Waals surface area contributed by atoms with E-state index < -0.39 is 0 Å². The van der Waals surface area contributed by atoms with Gasteiger partial charge in [-0.3, -0.25) is 9.36 Å². The molecule has 1 aliphatic heterocycles. The average molecular weight is 508 g/mol. The van der Waals surface area contributed by atoms with Gasteiger partial charge in [-0.2, -0.15) is 0 Å². The second-order valence-corrected chi connectivity index (χ2v) is 10.3. The highest BCUT2D eigenvalue weighted by atomic mass is 32.1. The first-order valence-electron chi connectivity index (χ1n) is 12.1. The van der Waals surface area contributed by atoms with Crippen LogP contribution in [0.15, 0.2) is 88.3 Å². The van der Waals surface area contributed by atoms with Gasteiger partial charge in [0, 0.05) is 28.2 Å². The molecule has 1 atom stereocenters. The van der Waals surface area contributed by atoms with Crippen LogP contribution in [0.2, 0.25) is 0 Å². The molecule has 1 aliphatic carbocycles. The lowest BCUT2D eigenvalue weighted by atomic mass is 9.83. The minimum Gasteiger partial charge on any atom is -0.497 e. The van der Waals surface area contributed by atoms with E-state index in [1.54, 1.807) is 23.8 Å². The number of nitrogens with one attached hydrogen (secondary N) is 1. The minimum absolute atomic E-state index is 0.0876. The van der Waals surface area contributed by atoms with Crippen molar-refractivity contribution < 1.29 is 9.13 Å². The summed E-state index contributed by atoms with van der Waals surface area (Å²) in [6.45, 7) is 0. The molecule has 5 aromatic rings. The van der Waals surface area contributed by atoms with Crippen molar-refractivity contribution in [3.05, 3.63) is 126 Å². The van der Waals surface area contributed by atoms with E-state index in [-0.39, 0.29) is 17.4 Å². The Kier molecular flexibility index (Phi) is 5.01. The van der Waals surface area contributed by atoms with Gasteiger partial charge >= 0.3 is 0 Å². The van der Waals surface area contributed by atoms with Crippen molar-refractivity contribution >= 4 is 34.0 Å². The Morgan fingerprint density at radius 2 is 1.95 bits per heavy atom. The predicted molar refractivity (Wildman–Crippen MR) is 144 cm³/mol. The topological polar surface area (TPSA) is 59.4 Å². The summed E-state index contributed by atoms with van der Waals surface area (Å²) in [5.41, 5.74) is 6.99. The maximum absolute atomic E-state index is 13.9. The molecule has 3 aromatic carbocycles. The number of halogens is 1. The maximum atomic E-state index is 13.9. The third-order valence-electron chi connectivity index (χ3n) is 7.26. The quantitative estimate of drug-likeness (QED) is 0.376. The molecule has 5 nitrogen and oxygen atoms in total. The van der Waals surface area contributed by atoms with Crippen LogP contribution in [0.4, 0.5) is 4.39 Å². The highest BCUT2D eigenvalue weighted by Crippen LogP contribution is 2.42. The molecule has 182 valence electrons. The standard InChI is InChI=1S/C30H22FN3O2S/c1-36-21-11-13-23-18(14-21)8-12-24-27(23)33-30-34(28(24)17-6-9-20(31)10-7-17)29(35)26(37-30)15-19-16-32-25-5-3-2-4-22(19)25/h2-7,9-11,13-16,28,32H,8,12H2,1H3/b26-15-. The molecule has 1 unspecified atom stereocenters. The van der Waals surface area contributed by atoms with Crippen molar-refractivity contribution in [3.63, 3.8) is 0 Å². The van der Waals surface area contributed by atoms with Crippen LogP contribution >= 0.6 is 11.3 Å². The van der Waals surface area contributed by atoms with Gasteiger partial charge in [0.1, 0.15) is 11.6 Å². The Hall–Kier alpha value is -4.23. The number of nitrogens with zero attached hydrogens (tertiary/aromatic N) is 2. The molecular weight excluding hydrogens is 485 g/mol. The molecule has 0 amide bonds. The number of rotatable bonds is 3. The molecule has 7 heteroatoms. The van der Waals surface area contributed by atoms with Gasteiger partial charge in [0.25, 0.3) is 5.56 Å². The molecule has 37 heavy (non-hydrogen) atoms. The number of hydrogen-bond donors (Lipinski definition) is 1. The number of aryl methyl sites for hydroxylation is 1. The van der Waals surface area contributed by atoms with E-state index in [0.717, 1.165) is 57.5 Å². The van der Waals surface area contributed by atoms with Crippen LogP contribution in [-0.2, 0) is 6.42 Å². The molecule has 0 radical (unpaired) electrons. The third-order valence-corrected chi connectivity index (χ3v) is 8.24. The van der Waals surface area contributed by atoms with Crippen molar-refractivity contribution in [3.8, 4) is 5.75 Å². The van der Waals surface area contributed by atoms with E-state index in [1.165, 1.54) is 29.0 Å². The smallest absolute Gasteiger partial charge is 0.271 e. The molecule has 0 bridgehead atoms. The zero-order chi connectivity index (χ0) is 25.1. The zero-order valence-corrected chi connectivity index (χ0v) is 20.8.